The number of nitrogens with one attached hydrogen (secondary N) is 1. The molecule has 1 aromatic rings. The molecule has 2 heteroatoms. The fourth-order valence-electron chi connectivity index (χ4n) is 3.46. The fourth-order valence-corrected chi connectivity index (χ4v) is 3.46. The van der Waals surface area contributed by atoms with Crippen LogP contribution in [0.1, 0.15) is 49.1 Å². The molecule has 1 N–H and O–H groups in total. The number of benzene rings is 1. The lowest BCUT2D eigenvalue weighted by Crippen LogP contribution is -2.26. The molecule has 1 atom stereocenters. The Morgan fingerprint density at radius 2 is 2.00 bits per heavy atom. The van der Waals surface area contributed by atoms with Crippen molar-refractivity contribution in [1.82, 2.24) is 5.32 Å². The third kappa shape index (κ3) is 4.60. The number of hydrogen-bond donors (Lipinski definition) is 1. The lowest BCUT2D eigenvalue weighted by atomic mass is 9.86. The van der Waals surface area contributed by atoms with Crippen LogP contribution < -0.4 is 5.32 Å². The maximum atomic E-state index is 5.12. The average Bonchev–Trinajstić information content (AvgIpc) is 2.96. The van der Waals surface area contributed by atoms with Gasteiger partial charge in [-0.1, -0.05) is 49.9 Å². The predicted octanol–water partition coefficient (Wildman–Crippen LogP) is 3.89. The van der Waals surface area contributed by atoms with Crippen LogP contribution in [0.15, 0.2) is 24.3 Å². The first-order valence-corrected chi connectivity index (χ1v) is 8.06. The summed E-state index contributed by atoms with van der Waals surface area (Å²) in [6, 6.07) is 8.88. The number of methoxy groups -OCH3 is 1. The summed E-state index contributed by atoms with van der Waals surface area (Å²) < 4.78 is 5.12. The van der Waals surface area contributed by atoms with Crippen LogP contribution in [-0.2, 0) is 4.74 Å². The first kappa shape index (κ1) is 15.5. The molecule has 2 nitrogen and oxygen atoms in total. The largest absolute Gasteiger partial charge is 0.383 e. The van der Waals surface area contributed by atoms with Crippen molar-refractivity contribution in [3.63, 3.8) is 0 Å². The normalized spacial score (nSPS) is 17.5. The fraction of sp³-hybridized carbons (Fsp3) is 0.667. The zero-order chi connectivity index (χ0) is 14.2. The van der Waals surface area contributed by atoms with Crippen LogP contribution >= 0.6 is 0 Å². The maximum Gasteiger partial charge on any atom is 0.0587 e. The molecule has 0 bridgehead atoms. The summed E-state index contributed by atoms with van der Waals surface area (Å²) in [5, 5.41) is 3.56. The SMILES string of the molecule is COCCNCC(CC1CCCC1)c1ccccc1C. The molecular weight excluding hydrogens is 246 g/mol. The summed E-state index contributed by atoms with van der Waals surface area (Å²) in [4.78, 5) is 0. The molecular formula is C18H29NO. The molecule has 1 aromatic carbocycles. The van der Waals surface area contributed by atoms with E-state index in [1.807, 2.05) is 0 Å². The van der Waals surface area contributed by atoms with Gasteiger partial charge in [0.05, 0.1) is 6.61 Å². The highest BCUT2D eigenvalue weighted by Gasteiger charge is 2.22. The quantitative estimate of drug-likeness (QED) is 0.727. The molecule has 1 aliphatic rings. The van der Waals surface area contributed by atoms with E-state index in [1.165, 1.54) is 43.2 Å². The van der Waals surface area contributed by atoms with Gasteiger partial charge in [-0.25, -0.2) is 0 Å². The van der Waals surface area contributed by atoms with Crippen LogP contribution in [0, 0.1) is 12.8 Å². The number of rotatable bonds is 8. The van der Waals surface area contributed by atoms with E-state index in [4.69, 9.17) is 4.74 Å². The van der Waals surface area contributed by atoms with E-state index in [2.05, 4.69) is 36.5 Å². The first-order valence-electron chi connectivity index (χ1n) is 8.06. The van der Waals surface area contributed by atoms with Gasteiger partial charge in [-0.3, -0.25) is 0 Å². The predicted molar refractivity (Wildman–Crippen MR) is 85.2 cm³/mol. The van der Waals surface area contributed by atoms with Crippen molar-refractivity contribution in [3.8, 4) is 0 Å². The summed E-state index contributed by atoms with van der Waals surface area (Å²) in [5.74, 6) is 1.58. The summed E-state index contributed by atoms with van der Waals surface area (Å²) in [5.41, 5.74) is 2.97. The van der Waals surface area contributed by atoms with E-state index >= 15 is 0 Å². The number of hydrogen-bond acceptors (Lipinski definition) is 2. The van der Waals surface area contributed by atoms with Gasteiger partial charge in [-0.2, -0.15) is 0 Å². The van der Waals surface area contributed by atoms with Crippen molar-refractivity contribution >= 4 is 0 Å². The van der Waals surface area contributed by atoms with Crippen LogP contribution in [0.2, 0.25) is 0 Å². The summed E-state index contributed by atoms with van der Waals surface area (Å²) in [6.45, 7) is 5.06. The average molecular weight is 275 g/mol. The van der Waals surface area contributed by atoms with E-state index in [9.17, 15) is 0 Å². The Hall–Kier alpha value is -0.860. The van der Waals surface area contributed by atoms with Crippen LogP contribution in [-0.4, -0.2) is 26.8 Å². The topological polar surface area (TPSA) is 21.3 Å². The van der Waals surface area contributed by atoms with Gasteiger partial charge in [0.2, 0.25) is 0 Å². The number of ether oxygens (including phenoxy) is 1. The van der Waals surface area contributed by atoms with Gasteiger partial charge in [-0.15, -0.1) is 0 Å². The van der Waals surface area contributed by atoms with Crippen molar-refractivity contribution in [2.75, 3.05) is 26.8 Å². The molecule has 0 aromatic heterocycles. The van der Waals surface area contributed by atoms with E-state index in [0.717, 1.165) is 25.6 Å². The minimum Gasteiger partial charge on any atom is -0.383 e. The highest BCUT2D eigenvalue weighted by atomic mass is 16.5. The second-order valence-electron chi connectivity index (χ2n) is 6.14. The third-order valence-electron chi connectivity index (χ3n) is 4.59. The van der Waals surface area contributed by atoms with E-state index in [-0.39, 0.29) is 0 Å². The van der Waals surface area contributed by atoms with Gasteiger partial charge in [0, 0.05) is 20.2 Å². The van der Waals surface area contributed by atoms with Crippen LogP contribution in [0.5, 0.6) is 0 Å². The summed E-state index contributed by atoms with van der Waals surface area (Å²) in [6.07, 6.45) is 7.07. The maximum absolute atomic E-state index is 5.12. The van der Waals surface area contributed by atoms with Gasteiger partial charge >= 0.3 is 0 Å². The Labute approximate surface area is 123 Å². The van der Waals surface area contributed by atoms with Gasteiger partial charge in [0.1, 0.15) is 0 Å². The molecule has 0 heterocycles. The Morgan fingerprint density at radius 3 is 2.70 bits per heavy atom. The minimum atomic E-state index is 0.649. The van der Waals surface area contributed by atoms with Crippen molar-refractivity contribution in [1.29, 1.82) is 0 Å². The van der Waals surface area contributed by atoms with E-state index in [0.29, 0.717) is 5.92 Å². The van der Waals surface area contributed by atoms with Crippen LogP contribution in [0.4, 0.5) is 0 Å². The first-order chi connectivity index (χ1) is 9.81. The smallest absolute Gasteiger partial charge is 0.0587 e. The van der Waals surface area contributed by atoms with Crippen molar-refractivity contribution in [2.24, 2.45) is 5.92 Å². The van der Waals surface area contributed by atoms with E-state index < -0.39 is 0 Å². The molecule has 1 aliphatic carbocycles. The van der Waals surface area contributed by atoms with Crippen molar-refractivity contribution in [2.45, 2.75) is 44.9 Å². The molecule has 1 unspecified atom stereocenters. The molecule has 1 fully saturated rings. The molecule has 112 valence electrons. The summed E-state index contributed by atoms with van der Waals surface area (Å²) in [7, 11) is 1.76. The third-order valence-corrected chi connectivity index (χ3v) is 4.59. The van der Waals surface area contributed by atoms with Gasteiger partial charge in [-0.05, 0) is 36.3 Å². The highest BCUT2D eigenvalue weighted by Crippen LogP contribution is 2.34. The minimum absolute atomic E-state index is 0.649. The molecule has 0 saturated heterocycles. The zero-order valence-corrected chi connectivity index (χ0v) is 13.0. The Kier molecular flexibility index (Phi) is 6.55. The van der Waals surface area contributed by atoms with Crippen molar-refractivity contribution in [3.05, 3.63) is 35.4 Å². The second-order valence-corrected chi connectivity index (χ2v) is 6.14. The summed E-state index contributed by atoms with van der Waals surface area (Å²) >= 11 is 0. The second kappa shape index (κ2) is 8.43. The van der Waals surface area contributed by atoms with Gasteiger partial charge < -0.3 is 10.1 Å². The molecule has 1 saturated carbocycles. The van der Waals surface area contributed by atoms with Crippen LogP contribution in [0.25, 0.3) is 0 Å². The molecule has 0 radical (unpaired) electrons. The lowest BCUT2D eigenvalue weighted by molar-refractivity contribution is 0.198. The Bertz CT molecular complexity index is 385. The number of aryl methyl sites for hydroxylation is 1. The Morgan fingerprint density at radius 1 is 1.25 bits per heavy atom. The van der Waals surface area contributed by atoms with Crippen molar-refractivity contribution < 1.29 is 4.74 Å². The lowest BCUT2D eigenvalue weighted by Gasteiger charge is -2.23. The zero-order valence-electron chi connectivity index (χ0n) is 13.0. The Balaban J connectivity index is 1.97. The standard InChI is InChI=1S/C18H29NO/c1-15-7-3-6-10-18(15)17(14-19-11-12-20-2)13-16-8-4-5-9-16/h3,6-7,10,16-17,19H,4-5,8-9,11-14H2,1-2H3. The van der Waals surface area contributed by atoms with Gasteiger partial charge in [0.25, 0.3) is 0 Å². The van der Waals surface area contributed by atoms with Crippen LogP contribution in [0.3, 0.4) is 0 Å². The molecule has 0 aliphatic heterocycles. The van der Waals surface area contributed by atoms with Gasteiger partial charge in [0.15, 0.2) is 0 Å². The highest BCUT2D eigenvalue weighted by molar-refractivity contribution is 5.29. The molecule has 2 rings (SSSR count). The van der Waals surface area contributed by atoms with E-state index in [1.54, 1.807) is 7.11 Å². The molecule has 20 heavy (non-hydrogen) atoms. The molecule has 0 amide bonds. The monoisotopic (exact) mass is 275 g/mol. The molecule has 0 spiro atoms.